The van der Waals surface area contributed by atoms with Crippen LogP contribution >= 0.6 is 23.4 Å². The van der Waals surface area contributed by atoms with E-state index >= 15 is 0 Å². The minimum atomic E-state index is -5.16. The SMILES string of the molecule is Fc1cc(NNCl)c(Cl)c(F)c1C(F)(F)F. The van der Waals surface area contributed by atoms with Gasteiger partial charge in [0.05, 0.1) is 5.69 Å². The van der Waals surface area contributed by atoms with Crippen LogP contribution in [0.2, 0.25) is 5.02 Å². The minimum absolute atomic E-state index is 0.379. The maximum atomic E-state index is 13.1. The molecule has 0 aliphatic carbocycles. The van der Waals surface area contributed by atoms with E-state index in [2.05, 4.69) is 0 Å². The van der Waals surface area contributed by atoms with Crippen LogP contribution < -0.4 is 10.4 Å². The molecule has 1 aromatic carbocycles. The van der Waals surface area contributed by atoms with E-state index in [1.807, 2.05) is 5.43 Å². The van der Waals surface area contributed by atoms with Crippen molar-refractivity contribution < 1.29 is 22.0 Å². The normalized spacial score (nSPS) is 11.7. The highest BCUT2D eigenvalue weighted by Gasteiger charge is 2.39. The van der Waals surface area contributed by atoms with Crippen molar-refractivity contribution in [3.8, 4) is 0 Å². The molecule has 1 aromatic rings. The Labute approximate surface area is 96.4 Å². The molecule has 16 heavy (non-hydrogen) atoms. The van der Waals surface area contributed by atoms with Crippen molar-refractivity contribution in [3.05, 3.63) is 28.3 Å². The fourth-order valence-electron chi connectivity index (χ4n) is 0.997. The number of hydrogen-bond acceptors (Lipinski definition) is 2. The zero-order valence-corrected chi connectivity index (χ0v) is 8.73. The number of anilines is 1. The molecule has 2 N–H and O–H groups in total. The molecule has 0 spiro atoms. The minimum Gasteiger partial charge on any atom is -0.306 e. The molecule has 2 nitrogen and oxygen atoms in total. The topological polar surface area (TPSA) is 24.1 Å². The van der Waals surface area contributed by atoms with Crippen LogP contribution in [0, 0.1) is 11.6 Å². The van der Waals surface area contributed by atoms with E-state index in [9.17, 15) is 22.0 Å². The highest BCUT2D eigenvalue weighted by Crippen LogP contribution is 2.38. The summed E-state index contributed by atoms with van der Waals surface area (Å²) in [6, 6.07) is 0.379. The average Bonchev–Trinajstić information content (AvgIpc) is 2.12. The number of benzene rings is 1. The van der Waals surface area contributed by atoms with Crippen molar-refractivity contribution in [1.82, 2.24) is 4.94 Å². The van der Waals surface area contributed by atoms with E-state index in [-0.39, 0.29) is 0 Å². The molecule has 90 valence electrons. The molecule has 0 aliphatic rings. The predicted molar refractivity (Wildman–Crippen MR) is 49.0 cm³/mol. The Morgan fingerprint density at radius 1 is 1.19 bits per heavy atom. The Hall–Kier alpha value is -0.790. The Balaban J connectivity index is 3.40. The fourth-order valence-corrected chi connectivity index (χ4v) is 1.29. The first-order valence-corrected chi connectivity index (χ1v) is 4.41. The smallest absolute Gasteiger partial charge is 0.306 e. The van der Waals surface area contributed by atoms with E-state index in [1.165, 1.54) is 0 Å². The molecule has 0 amide bonds. The van der Waals surface area contributed by atoms with Crippen LogP contribution in [0.4, 0.5) is 27.6 Å². The van der Waals surface area contributed by atoms with Gasteiger partial charge in [-0.1, -0.05) is 11.6 Å². The monoisotopic (exact) mass is 280 g/mol. The molecule has 1 rings (SSSR count). The van der Waals surface area contributed by atoms with Gasteiger partial charge >= 0.3 is 6.18 Å². The Morgan fingerprint density at radius 2 is 1.75 bits per heavy atom. The Morgan fingerprint density at radius 3 is 2.19 bits per heavy atom. The molecule has 0 radical (unpaired) electrons. The number of hydrogen-bond donors (Lipinski definition) is 2. The first-order valence-electron chi connectivity index (χ1n) is 3.65. The number of halogens is 7. The summed E-state index contributed by atoms with van der Waals surface area (Å²) in [6.45, 7) is 0. The third kappa shape index (κ3) is 2.47. The lowest BCUT2D eigenvalue weighted by Crippen LogP contribution is -2.15. The highest BCUT2D eigenvalue weighted by molar-refractivity contribution is 6.33. The second-order valence-electron chi connectivity index (χ2n) is 2.63. The summed E-state index contributed by atoms with van der Waals surface area (Å²) < 4.78 is 62.7. The molecule has 0 heterocycles. The number of nitrogens with one attached hydrogen (secondary N) is 2. The third-order valence-electron chi connectivity index (χ3n) is 1.62. The summed E-state index contributed by atoms with van der Waals surface area (Å²) in [4.78, 5) is 1.76. The predicted octanol–water partition coefficient (Wildman–Crippen LogP) is 3.71. The maximum absolute atomic E-state index is 13.1. The molecule has 9 heteroatoms. The van der Waals surface area contributed by atoms with E-state index in [0.29, 0.717) is 6.07 Å². The van der Waals surface area contributed by atoms with Crippen LogP contribution in [0.15, 0.2) is 6.07 Å². The average molecular weight is 281 g/mol. The van der Waals surface area contributed by atoms with Gasteiger partial charge in [0.25, 0.3) is 0 Å². The highest BCUT2D eigenvalue weighted by atomic mass is 35.5. The van der Waals surface area contributed by atoms with Gasteiger partial charge in [0.2, 0.25) is 0 Å². The fraction of sp³-hybridized carbons (Fsp3) is 0.143. The first-order chi connectivity index (χ1) is 7.29. The molecular weight excluding hydrogens is 278 g/mol. The van der Waals surface area contributed by atoms with Gasteiger partial charge in [0.15, 0.2) is 5.82 Å². The molecule has 0 bridgehead atoms. The summed E-state index contributed by atoms with van der Waals surface area (Å²) in [5.74, 6) is -3.69. The Kier molecular flexibility index (Phi) is 3.82. The summed E-state index contributed by atoms with van der Waals surface area (Å²) >= 11 is 10.2. The van der Waals surface area contributed by atoms with Crippen LogP contribution in [0.3, 0.4) is 0 Å². The molecule has 0 aliphatic heterocycles. The van der Waals surface area contributed by atoms with Gasteiger partial charge in [-0.25, -0.2) is 8.78 Å². The lowest BCUT2D eigenvalue weighted by Gasteiger charge is -2.13. The molecule has 0 aromatic heterocycles. The van der Waals surface area contributed by atoms with Gasteiger partial charge in [0, 0.05) is 6.07 Å². The molecule has 0 fully saturated rings. The second kappa shape index (κ2) is 4.60. The van der Waals surface area contributed by atoms with Gasteiger partial charge < -0.3 is 5.43 Å². The van der Waals surface area contributed by atoms with E-state index in [0.717, 1.165) is 0 Å². The van der Waals surface area contributed by atoms with Crippen molar-refractivity contribution in [2.75, 3.05) is 5.43 Å². The van der Waals surface area contributed by atoms with Crippen LogP contribution in [-0.2, 0) is 6.18 Å². The van der Waals surface area contributed by atoms with Gasteiger partial charge in [-0.05, 0) is 11.8 Å². The first kappa shape index (κ1) is 13.3. The summed E-state index contributed by atoms with van der Waals surface area (Å²) in [7, 11) is 0. The molecule has 0 saturated heterocycles. The summed E-state index contributed by atoms with van der Waals surface area (Å²) in [5, 5.41) is -0.915. The standard InChI is InChI=1S/C7H3Cl2F5N2/c8-5-3(15-16-9)1-2(10)4(6(5)11)7(12,13)14/h1,15-16H. The molecule has 0 saturated carbocycles. The Bertz CT molecular complexity index is 407. The zero-order chi connectivity index (χ0) is 12.5. The van der Waals surface area contributed by atoms with Gasteiger partial charge in [-0.3, -0.25) is 0 Å². The van der Waals surface area contributed by atoms with Gasteiger partial charge in [-0.15, -0.1) is 4.94 Å². The van der Waals surface area contributed by atoms with Crippen LogP contribution in [0.5, 0.6) is 0 Å². The number of hydrazine groups is 1. The van der Waals surface area contributed by atoms with E-state index in [1.54, 1.807) is 4.94 Å². The maximum Gasteiger partial charge on any atom is 0.422 e. The quantitative estimate of drug-likeness (QED) is 0.374. The summed E-state index contributed by atoms with van der Waals surface area (Å²) in [5.41, 5.74) is -0.516. The van der Waals surface area contributed by atoms with E-state index < -0.39 is 34.1 Å². The van der Waals surface area contributed by atoms with Crippen molar-refractivity contribution in [1.29, 1.82) is 0 Å². The largest absolute Gasteiger partial charge is 0.422 e. The molecule has 0 atom stereocenters. The van der Waals surface area contributed by atoms with Crippen molar-refractivity contribution in [2.24, 2.45) is 0 Å². The lowest BCUT2D eigenvalue weighted by molar-refractivity contribution is -0.142. The number of alkyl halides is 3. The van der Waals surface area contributed by atoms with E-state index in [4.69, 9.17) is 23.4 Å². The van der Waals surface area contributed by atoms with Gasteiger partial charge in [0.1, 0.15) is 16.4 Å². The van der Waals surface area contributed by atoms with Crippen molar-refractivity contribution >= 4 is 29.1 Å². The van der Waals surface area contributed by atoms with Crippen molar-refractivity contribution in [3.63, 3.8) is 0 Å². The van der Waals surface area contributed by atoms with Crippen LogP contribution in [-0.4, -0.2) is 0 Å². The van der Waals surface area contributed by atoms with Crippen LogP contribution in [0.25, 0.3) is 0 Å². The van der Waals surface area contributed by atoms with Crippen LogP contribution in [0.1, 0.15) is 5.56 Å². The molecular formula is C7H3Cl2F5N2. The summed E-state index contributed by atoms with van der Waals surface area (Å²) in [6.07, 6.45) is -5.16. The lowest BCUT2D eigenvalue weighted by atomic mass is 10.1. The molecule has 0 unspecified atom stereocenters. The second-order valence-corrected chi connectivity index (χ2v) is 3.19. The van der Waals surface area contributed by atoms with Crippen molar-refractivity contribution in [2.45, 2.75) is 6.18 Å². The zero-order valence-electron chi connectivity index (χ0n) is 7.22. The third-order valence-corrected chi connectivity index (χ3v) is 2.09. The van der Waals surface area contributed by atoms with Gasteiger partial charge in [-0.2, -0.15) is 13.2 Å². The number of rotatable bonds is 2.